The van der Waals surface area contributed by atoms with Gasteiger partial charge < -0.3 is 10.4 Å². The Labute approximate surface area is 187 Å². The van der Waals surface area contributed by atoms with E-state index in [9.17, 15) is 14.7 Å². The summed E-state index contributed by atoms with van der Waals surface area (Å²) in [5.74, 6) is -0.234. The molecule has 2 heterocycles. The van der Waals surface area contributed by atoms with Crippen LogP contribution in [0.2, 0.25) is 0 Å². The highest BCUT2D eigenvalue weighted by Crippen LogP contribution is 2.32. The molecule has 0 aliphatic rings. The van der Waals surface area contributed by atoms with Crippen molar-refractivity contribution in [1.29, 1.82) is 0 Å². The van der Waals surface area contributed by atoms with Crippen molar-refractivity contribution in [3.05, 3.63) is 88.8 Å². The summed E-state index contributed by atoms with van der Waals surface area (Å²) < 4.78 is 1.36. The molecule has 0 aliphatic carbocycles. The van der Waals surface area contributed by atoms with Gasteiger partial charge in [-0.2, -0.15) is 0 Å². The van der Waals surface area contributed by atoms with E-state index < -0.39 is 6.04 Å². The van der Waals surface area contributed by atoms with Gasteiger partial charge in [-0.3, -0.25) is 14.2 Å². The number of thiophene rings is 1. The number of aromatic hydroxyl groups is 1. The molecular formula is C25H19N3O3S. The molecule has 1 amide bonds. The first kappa shape index (κ1) is 20.0. The zero-order valence-electron chi connectivity index (χ0n) is 17.1. The minimum atomic E-state index is -0.766. The molecule has 0 radical (unpaired) electrons. The molecule has 2 N–H and O–H groups in total. The van der Waals surface area contributed by atoms with Gasteiger partial charge in [0.2, 0.25) is 5.91 Å². The van der Waals surface area contributed by atoms with Crippen molar-refractivity contribution < 1.29 is 9.90 Å². The van der Waals surface area contributed by atoms with E-state index in [1.165, 1.54) is 34.4 Å². The Hall–Kier alpha value is -3.97. The number of nitrogens with zero attached hydrogens (tertiary/aromatic N) is 2. The first-order valence-corrected chi connectivity index (χ1v) is 11.0. The van der Waals surface area contributed by atoms with Crippen LogP contribution in [-0.4, -0.2) is 20.6 Å². The molecule has 5 rings (SSSR count). The molecule has 1 atom stereocenters. The molecule has 7 heteroatoms. The molecule has 0 spiro atoms. The Morgan fingerprint density at radius 3 is 2.59 bits per heavy atom. The molecule has 5 aromatic rings. The van der Waals surface area contributed by atoms with Crippen molar-refractivity contribution in [1.82, 2.24) is 9.55 Å². The second-order valence-corrected chi connectivity index (χ2v) is 8.42. The van der Waals surface area contributed by atoms with Gasteiger partial charge in [0.05, 0.1) is 11.7 Å². The van der Waals surface area contributed by atoms with Gasteiger partial charge in [-0.25, -0.2) is 4.98 Å². The van der Waals surface area contributed by atoms with Crippen LogP contribution < -0.4 is 10.9 Å². The Balaban J connectivity index is 1.53. The molecular weight excluding hydrogens is 422 g/mol. The summed E-state index contributed by atoms with van der Waals surface area (Å²) >= 11 is 1.41. The molecule has 1 unspecified atom stereocenters. The number of carbonyl (C=O) groups is 1. The number of rotatable bonds is 4. The molecule has 2 aromatic heterocycles. The first-order valence-electron chi connectivity index (χ1n) is 10.1. The van der Waals surface area contributed by atoms with Crippen LogP contribution in [0.5, 0.6) is 5.75 Å². The summed E-state index contributed by atoms with van der Waals surface area (Å²) in [5, 5.41) is 16.8. The lowest BCUT2D eigenvalue weighted by Crippen LogP contribution is -2.31. The first-order chi connectivity index (χ1) is 15.5. The fraction of sp³-hybridized carbons (Fsp3) is 0.0800. The Morgan fingerprint density at radius 2 is 1.81 bits per heavy atom. The lowest BCUT2D eigenvalue weighted by Gasteiger charge is -2.15. The van der Waals surface area contributed by atoms with Crippen molar-refractivity contribution in [2.24, 2.45) is 0 Å². The number of fused-ring (bicyclic) bond motifs is 2. The summed E-state index contributed by atoms with van der Waals surface area (Å²) in [6, 6.07) is 19.6. The molecule has 32 heavy (non-hydrogen) atoms. The summed E-state index contributed by atoms with van der Waals surface area (Å²) in [4.78, 5) is 31.3. The third-order valence-corrected chi connectivity index (χ3v) is 6.40. The molecule has 0 fully saturated rings. The van der Waals surface area contributed by atoms with Crippen LogP contribution in [0.1, 0.15) is 13.0 Å². The average Bonchev–Trinajstić information content (AvgIpc) is 3.25. The molecule has 0 bridgehead atoms. The van der Waals surface area contributed by atoms with Crippen molar-refractivity contribution in [3.8, 4) is 16.9 Å². The number of hydrogen-bond acceptors (Lipinski definition) is 5. The van der Waals surface area contributed by atoms with E-state index >= 15 is 0 Å². The van der Waals surface area contributed by atoms with Gasteiger partial charge in [0.15, 0.2) is 0 Å². The van der Waals surface area contributed by atoms with E-state index in [1.54, 1.807) is 19.1 Å². The largest absolute Gasteiger partial charge is 0.508 e. The van der Waals surface area contributed by atoms with E-state index in [0.717, 1.165) is 21.9 Å². The zero-order chi connectivity index (χ0) is 22.2. The highest BCUT2D eigenvalue weighted by molar-refractivity contribution is 7.17. The fourth-order valence-corrected chi connectivity index (χ4v) is 4.62. The summed E-state index contributed by atoms with van der Waals surface area (Å²) in [7, 11) is 0. The Kier molecular flexibility index (Phi) is 4.95. The number of phenols is 1. The summed E-state index contributed by atoms with van der Waals surface area (Å²) in [6.07, 6.45) is 1.42. The van der Waals surface area contributed by atoms with E-state index in [2.05, 4.69) is 16.4 Å². The quantitative estimate of drug-likeness (QED) is 0.376. The Bertz CT molecular complexity index is 1520. The van der Waals surface area contributed by atoms with Crippen molar-refractivity contribution in [2.75, 3.05) is 5.32 Å². The van der Waals surface area contributed by atoms with Crippen LogP contribution in [0.3, 0.4) is 0 Å². The number of hydrogen-bond donors (Lipinski definition) is 2. The van der Waals surface area contributed by atoms with Crippen molar-refractivity contribution in [2.45, 2.75) is 13.0 Å². The molecule has 0 saturated heterocycles. The van der Waals surface area contributed by atoms with Crippen molar-refractivity contribution >= 4 is 43.9 Å². The number of aromatic nitrogens is 2. The second kappa shape index (κ2) is 7.94. The number of carbonyl (C=O) groups excluding carboxylic acids is 1. The van der Waals surface area contributed by atoms with Crippen LogP contribution >= 0.6 is 11.3 Å². The molecule has 158 valence electrons. The molecule has 3 aromatic carbocycles. The van der Waals surface area contributed by atoms with Gasteiger partial charge in [0, 0.05) is 16.6 Å². The van der Waals surface area contributed by atoms with Crippen molar-refractivity contribution in [3.63, 3.8) is 0 Å². The number of phenolic OH excluding ortho intramolecular Hbond substituents is 1. The summed E-state index contributed by atoms with van der Waals surface area (Å²) in [5.41, 5.74) is 2.03. The standard InChI is InChI=1S/C25H19N3O3S/c1-15(23(30)27-19-8-10-20(29)11-9-19)28-14-26-24-22(25(28)31)21(13-32-24)18-7-6-16-4-2-3-5-17(16)12-18/h2-15,29H,1H3,(H,27,30). The highest BCUT2D eigenvalue weighted by atomic mass is 32.1. The van der Waals surface area contributed by atoms with Crippen LogP contribution in [0.15, 0.2) is 83.2 Å². The number of anilines is 1. The lowest BCUT2D eigenvalue weighted by molar-refractivity contribution is -0.118. The fourth-order valence-electron chi connectivity index (χ4n) is 3.71. The van der Waals surface area contributed by atoms with Crippen LogP contribution in [0.4, 0.5) is 5.69 Å². The Morgan fingerprint density at radius 1 is 1.06 bits per heavy atom. The third kappa shape index (κ3) is 3.52. The monoisotopic (exact) mass is 441 g/mol. The van der Waals surface area contributed by atoms with Gasteiger partial charge in [0.25, 0.3) is 5.56 Å². The normalized spacial score (nSPS) is 12.2. The smallest absolute Gasteiger partial charge is 0.263 e. The predicted octanol–water partition coefficient (Wildman–Crippen LogP) is 5.18. The maximum absolute atomic E-state index is 13.4. The minimum absolute atomic E-state index is 0.112. The maximum atomic E-state index is 13.4. The van der Waals surface area contributed by atoms with E-state index in [-0.39, 0.29) is 17.2 Å². The van der Waals surface area contributed by atoms with E-state index in [0.29, 0.717) is 15.9 Å². The SMILES string of the molecule is CC(C(=O)Nc1ccc(O)cc1)n1cnc2scc(-c3ccc4ccccc4c3)c2c1=O. The average molecular weight is 442 g/mol. The van der Waals surface area contributed by atoms with Gasteiger partial charge in [-0.1, -0.05) is 36.4 Å². The minimum Gasteiger partial charge on any atom is -0.508 e. The summed E-state index contributed by atoms with van der Waals surface area (Å²) in [6.45, 7) is 1.66. The number of amides is 1. The van der Waals surface area contributed by atoms with Gasteiger partial charge >= 0.3 is 0 Å². The molecule has 0 saturated carbocycles. The third-order valence-electron chi connectivity index (χ3n) is 5.51. The zero-order valence-corrected chi connectivity index (χ0v) is 18.0. The number of nitrogens with one attached hydrogen (secondary N) is 1. The second-order valence-electron chi connectivity index (χ2n) is 7.56. The molecule has 6 nitrogen and oxygen atoms in total. The lowest BCUT2D eigenvalue weighted by atomic mass is 10.0. The number of benzene rings is 3. The maximum Gasteiger partial charge on any atom is 0.263 e. The van der Waals surface area contributed by atoms with Gasteiger partial charge in [0.1, 0.15) is 16.6 Å². The highest BCUT2D eigenvalue weighted by Gasteiger charge is 2.20. The van der Waals surface area contributed by atoms with E-state index in [4.69, 9.17) is 0 Å². The van der Waals surface area contributed by atoms with Crippen LogP contribution in [0, 0.1) is 0 Å². The topological polar surface area (TPSA) is 84.2 Å². The van der Waals surface area contributed by atoms with Gasteiger partial charge in [-0.05, 0) is 53.6 Å². The van der Waals surface area contributed by atoms with Crippen LogP contribution in [-0.2, 0) is 4.79 Å². The van der Waals surface area contributed by atoms with Crippen LogP contribution in [0.25, 0.3) is 32.1 Å². The molecule has 0 aliphatic heterocycles. The predicted molar refractivity (Wildman–Crippen MR) is 128 cm³/mol. The van der Waals surface area contributed by atoms with Gasteiger partial charge in [-0.15, -0.1) is 11.3 Å². The van der Waals surface area contributed by atoms with E-state index in [1.807, 2.05) is 41.8 Å².